The molecule has 1 aliphatic rings. The lowest BCUT2D eigenvalue weighted by Gasteiger charge is -2.27. The monoisotopic (exact) mass is 299 g/mol. The number of thioether (sulfide) groups is 1. The molecule has 0 aliphatic heterocycles. The summed E-state index contributed by atoms with van der Waals surface area (Å²) in [5.74, 6) is 1.20. The van der Waals surface area contributed by atoms with Gasteiger partial charge in [-0.25, -0.2) is 0 Å². The zero-order valence-electron chi connectivity index (χ0n) is 11.3. The van der Waals surface area contributed by atoms with E-state index in [4.69, 9.17) is 4.74 Å². The van der Waals surface area contributed by atoms with Gasteiger partial charge in [0, 0.05) is 18.3 Å². The Labute approximate surface area is 123 Å². The highest BCUT2D eigenvalue weighted by Crippen LogP contribution is 2.26. The molecule has 5 heteroatoms. The summed E-state index contributed by atoms with van der Waals surface area (Å²) < 4.78 is 6.19. The number of ether oxygens (including phenoxy) is 1. The minimum absolute atomic E-state index is 0.0355. The van der Waals surface area contributed by atoms with Crippen LogP contribution < -0.4 is 5.32 Å². The van der Waals surface area contributed by atoms with Gasteiger partial charge in [-0.3, -0.25) is 4.79 Å². The van der Waals surface area contributed by atoms with E-state index in [1.807, 2.05) is 11.8 Å². The van der Waals surface area contributed by atoms with Gasteiger partial charge >= 0.3 is 5.97 Å². The predicted octanol–water partition coefficient (Wildman–Crippen LogP) is 3.16. The van der Waals surface area contributed by atoms with Gasteiger partial charge in [-0.05, 0) is 37.1 Å². The summed E-state index contributed by atoms with van der Waals surface area (Å²) in [5, 5.41) is 5.71. The van der Waals surface area contributed by atoms with Crippen molar-refractivity contribution in [2.45, 2.75) is 35.9 Å². The van der Waals surface area contributed by atoms with E-state index >= 15 is 0 Å². The smallest absolute Gasteiger partial charge is 0.308 e. The molecule has 0 radical (unpaired) electrons. The van der Waals surface area contributed by atoms with E-state index < -0.39 is 0 Å². The minimum atomic E-state index is -0.0355. The topological polar surface area (TPSA) is 38.3 Å². The maximum absolute atomic E-state index is 11.4. The number of carbonyl (C=O) groups excluding carboxylic acids is 1. The molecule has 1 aromatic heterocycles. The molecule has 1 aromatic rings. The van der Waals surface area contributed by atoms with Crippen LogP contribution in [-0.4, -0.2) is 31.4 Å². The van der Waals surface area contributed by atoms with E-state index in [9.17, 15) is 4.79 Å². The van der Waals surface area contributed by atoms with Crippen LogP contribution in [0.25, 0.3) is 0 Å². The number of nitrogens with one attached hydrogen (secondary N) is 1. The fraction of sp³-hybridized carbons (Fsp3) is 0.643. The second kappa shape index (κ2) is 7.92. The van der Waals surface area contributed by atoms with Crippen LogP contribution in [0, 0.1) is 5.92 Å². The number of thiophene rings is 1. The fourth-order valence-electron chi connectivity index (χ4n) is 2.46. The zero-order chi connectivity index (χ0) is 13.5. The van der Waals surface area contributed by atoms with Gasteiger partial charge in [-0.2, -0.15) is 0 Å². The van der Waals surface area contributed by atoms with Crippen molar-refractivity contribution in [1.29, 1.82) is 0 Å². The summed E-state index contributed by atoms with van der Waals surface area (Å²) in [5.41, 5.74) is 0. The first-order chi connectivity index (χ1) is 9.29. The molecule has 1 saturated carbocycles. The third-order valence-electron chi connectivity index (χ3n) is 3.54. The highest BCUT2D eigenvalue weighted by molar-refractivity contribution is 8.01. The quantitative estimate of drug-likeness (QED) is 0.497. The van der Waals surface area contributed by atoms with Gasteiger partial charge in [0.2, 0.25) is 0 Å². The summed E-state index contributed by atoms with van der Waals surface area (Å²) in [6, 6.07) is 4.83. The van der Waals surface area contributed by atoms with E-state index in [0.29, 0.717) is 6.04 Å². The molecule has 1 heterocycles. The van der Waals surface area contributed by atoms with E-state index in [1.165, 1.54) is 11.3 Å². The maximum atomic E-state index is 11.4. The predicted molar refractivity (Wildman–Crippen MR) is 80.8 cm³/mol. The molecule has 19 heavy (non-hydrogen) atoms. The number of esters is 1. The van der Waals surface area contributed by atoms with Crippen molar-refractivity contribution in [2.75, 3.05) is 19.4 Å². The first kappa shape index (κ1) is 14.9. The van der Waals surface area contributed by atoms with E-state index in [2.05, 4.69) is 22.8 Å². The summed E-state index contributed by atoms with van der Waals surface area (Å²) in [7, 11) is 1.48. The Morgan fingerprint density at radius 2 is 2.26 bits per heavy atom. The lowest BCUT2D eigenvalue weighted by molar-refractivity contribution is -0.146. The van der Waals surface area contributed by atoms with Crippen molar-refractivity contribution in [3.8, 4) is 0 Å². The van der Waals surface area contributed by atoms with Crippen LogP contribution in [-0.2, 0) is 9.53 Å². The number of hydrogen-bond donors (Lipinski definition) is 1. The molecule has 2 rings (SSSR count). The second-order valence-electron chi connectivity index (χ2n) is 4.81. The van der Waals surface area contributed by atoms with Gasteiger partial charge in [-0.1, -0.05) is 6.07 Å². The Bertz CT molecular complexity index is 373. The number of methoxy groups -OCH3 is 1. The van der Waals surface area contributed by atoms with Crippen LogP contribution in [0.15, 0.2) is 21.7 Å². The standard InChI is InChI=1S/C14H21NO2S2/c1-17-14(16)11-4-6-12(7-5-11)15-8-10-19-13-3-2-9-18-13/h2-3,9,11-12,15H,4-8,10H2,1H3. The van der Waals surface area contributed by atoms with Crippen molar-refractivity contribution in [1.82, 2.24) is 5.32 Å². The molecule has 106 valence electrons. The van der Waals surface area contributed by atoms with Crippen LogP contribution >= 0.6 is 23.1 Å². The molecule has 1 fully saturated rings. The van der Waals surface area contributed by atoms with Gasteiger partial charge < -0.3 is 10.1 Å². The average molecular weight is 299 g/mol. The molecule has 0 atom stereocenters. The first-order valence-corrected chi connectivity index (χ1v) is 8.63. The van der Waals surface area contributed by atoms with Crippen molar-refractivity contribution < 1.29 is 9.53 Å². The first-order valence-electron chi connectivity index (χ1n) is 6.77. The number of hydrogen-bond acceptors (Lipinski definition) is 5. The highest BCUT2D eigenvalue weighted by atomic mass is 32.2. The Balaban J connectivity index is 1.57. The largest absolute Gasteiger partial charge is 0.469 e. The summed E-state index contributed by atoms with van der Waals surface area (Å²) in [6.45, 7) is 1.04. The molecule has 1 N–H and O–H groups in total. The Kier molecular flexibility index (Phi) is 6.20. The number of carbonyl (C=O) groups is 1. The van der Waals surface area contributed by atoms with Crippen molar-refractivity contribution in [3.63, 3.8) is 0 Å². The Morgan fingerprint density at radius 3 is 2.89 bits per heavy atom. The van der Waals surface area contributed by atoms with Crippen LogP contribution in [0.4, 0.5) is 0 Å². The molecule has 0 spiro atoms. The maximum Gasteiger partial charge on any atom is 0.308 e. The van der Waals surface area contributed by atoms with E-state index in [0.717, 1.165) is 38.0 Å². The third-order valence-corrected chi connectivity index (χ3v) is 5.67. The Morgan fingerprint density at radius 1 is 1.47 bits per heavy atom. The molecule has 0 aromatic carbocycles. The molecular formula is C14H21NO2S2. The van der Waals surface area contributed by atoms with Crippen molar-refractivity contribution >= 4 is 29.1 Å². The zero-order valence-corrected chi connectivity index (χ0v) is 12.9. The lowest BCUT2D eigenvalue weighted by atomic mass is 9.86. The van der Waals surface area contributed by atoms with Gasteiger partial charge in [0.1, 0.15) is 0 Å². The van der Waals surface area contributed by atoms with Crippen LogP contribution in [0.5, 0.6) is 0 Å². The van der Waals surface area contributed by atoms with Gasteiger partial charge in [-0.15, -0.1) is 23.1 Å². The van der Waals surface area contributed by atoms with Crippen molar-refractivity contribution in [3.05, 3.63) is 17.5 Å². The SMILES string of the molecule is COC(=O)C1CCC(NCCSc2cccs2)CC1. The molecule has 3 nitrogen and oxygen atoms in total. The summed E-state index contributed by atoms with van der Waals surface area (Å²) >= 11 is 3.71. The highest BCUT2D eigenvalue weighted by Gasteiger charge is 2.26. The molecule has 0 saturated heterocycles. The van der Waals surface area contributed by atoms with Gasteiger partial charge in [0.05, 0.1) is 17.2 Å². The van der Waals surface area contributed by atoms with Crippen LogP contribution in [0.3, 0.4) is 0 Å². The summed E-state index contributed by atoms with van der Waals surface area (Å²) in [6.07, 6.45) is 4.09. The summed E-state index contributed by atoms with van der Waals surface area (Å²) in [4.78, 5) is 11.4. The van der Waals surface area contributed by atoms with Crippen LogP contribution in [0.2, 0.25) is 0 Å². The van der Waals surface area contributed by atoms with Gasteiger partial charge in [0.15, 0.2) is 0 Å². The minimum Gasteiger partial charge on any atom is -0.469 e. The average Bonchev–Trinajstić information content (AvgIpc) is 2.96. The third kappa shape index (κ3) is 4.82. The second-order valence-corrected chi connectivity index (χ2v) is 7.15. The molecule has 0 bridgehead atoms. The lowest BCUT2D eigenvalue weighted by Crippen LogP contribution is -2.36. The van der Waals surface area contributed by atoms with E-state index in [1.54, 1.807) is 11.3 Å². The molecular weight excluding hydrogens is 278 g/mol. The van der Waals surface area contributed by atoms with Crippen molar-refractivity contribution in [2.24, 2.45) is 5.92 Å². The van der Waals surface area contributed by atoms with E-state index in [-0.39, 0.29) is 11.9 Å². The molecule has 0 amide bonds. The number of rotatable bonds is 6. The molecule has 0 unspecified atom stereocenters. The normalized spacial score (nSPS) is 23.2. The van der Waals surface area contributed by atoms with Crippen LogP contribution in [0.1, 0.15) is 25.7 Å². The molecule has 1 aliphatic carbocycles. The Hall–Kier alpha value is -0.520. The fourth-order valence-corrected chi connectivity index (χ4v) is 4.19. The van der Waals surface area contributed by atoms with Gasteiger partial charge in [0.25, 0.3) is 0 Å².